The molecule has 0 aromatic heterocycles. The second-order valence-corrected chi connectivity index (χ2v) is 3.53. The topological polar surface area (TPSA) is 24.1 Å². The minimum Gasteiger partial charge on any atom is -0.382 e. The van der Waals surface area contributed by atoms with Crippen molar-refractivity contribution in [1.29, 1.82) is 0 Å². The molecule has 0 atom stereocenters. The lowest BCUT2D eigenvalue weighted by atomic mass is 10.0. The molecule has 1 heterocycles. The molecule has 2 rings (SSSR count). The molecule has 2 nitrogen and oxygen atoms in total. The summed E-state index contributed by atoms with van der Waals surface area (Å²) in [5, 5.41) is 6.79. The minimum absolute atomic E-state index is 1.03. The summed E-state index contributed by atoms with van der Waals surface area (Å²) in [6, 6.07) is 4.50. The number of aryl methyl sites for hydroxylation is 2. The van der Waals surface area contributed by atoms with Gasteiger partial charge >= 0.3 is 0 Å². The molecular formula is C11H16N2. The summed E-state index contributed by atoms with van der Waals surface area (Å²) in [6.07, 6.45) is 1.11. The van der Waals surface area contributed by atoms with Crippen LogP contribution in [0.15, 0.2) is 12.1 Å². The SMILES string of the molecule is CCc1cc2c(cc1C)NCCN2. The number of benzene rings is 1. The lowest BCUT2D eigenvalue weighted by Gasteiger charge is -2.21. The molecule has 0 spiro atoms. The summed E-state index contributed by atoms with van der Waals surface area (Å²) in [5.74, 6) is 0. The molecule has 1 aromatic rings. The number of fused-ring (bicyclic) bond motifs is 1. The highest BCUT2D eigenvalue weighted by atomic mass is 15.0. The Bertz CT molecular complexity index is 318. The van der Waals surface area contributed by atoms with Crippen LogP contribution in [0.4, 0.5) is 11.4 Å². The van der Waals surface area contributed by atoms with Crippen LogP contribution in [0.1, 0.15) is 18.1 Å². The van der Waals surface area contributed by atoms with Crippen LogP contribution in [0.25, 0.3) is 0 Å². The smallest absolute Gasteiger partial charge is 0.0579 e. The van der Waals surface area contributed by atoms with Gasteiger partial charge < -0.3 is 10.6 Å². The van der Waals surface area contributed by atoms with Gasteiger partial charge in [0.05, 0.1) is 11.4 Å². The Balaban J connectivity index is 2.44. The molecule has 13 heavy (non-hydrogen) atoms. The molecule has 0 aliphatic carbocycles. The number of nitrogens with one attached hydrogen (secondary N) is 2. The van der Waals surface area contributed by atoms with Crippen molar-refractivity contribution in [2.75, 3.05) is 23.7 Å². The molecule has 1 aliphatic heterocycles. The van der Waals surface area contributed by atoms with Crippen LogP contribution in [-0.2, 0) is 6.42 Å². The fourth-order valence-corrected chi connectivity index (χ4v) is 1.82. The quantitative estimate of drug-likeness (QED) is 0.686. The van der Waals surface area contributed by atoms with Gasteiger partial charge in [0, 0.05) is 13.1 Å². The highest BCUT2D eigenvalue weighted by Gasteiger charge is 2.09. The van der Waals surface area contributed by atoms with E-state index in [1.807, 2.05) is 0 Å². The van der Waals surface area contributed by atoms with E-state index in [9.17, 15) is 0 Å². The number of rotatable bonds is 1. The first kappa shape index (κ1) is 8.42. The Labute approximate surface area is 79.4 Å². The first-order valence-corrected chi connectivity index (χ1v) is 4.92. The molecule has 0 saturated carbocycles. The van der Waals surface area contributed by atoms with E-state index in [-0.39, 0.29) is 0 Å². The first-order chi connectivity index (χ1) is 6.31. The number of hydrogen-bond acceptors (Lipinski definition) is 2. The summed E-state index contributed by atoms with van der Waals surface area (Å²) in [4.78, 5) is 0. The number of hydrogen-bond donors (Lipinski definition) is 2. The molecule has 0 unspecified atom stereocenters. The predicted molar refractivity (Wildman–Crippen MR) is 57.5 cm³/mol. The monoisotopic (exact) mass is 176 g/mol. The summed E-state index contributed by atoms with van der Waals surface area (Å²) >= 11 is 0. The zero-order chi connectivity index (χ0) is 9.26. The van der Waals surface area contributed by atoms with Crippen molar-refractivity contribution in [1.82, 2.24) is 0 Å². The molecule has 1 aromatic carbocycles. The van der Waals surface area contributed by atoms with Gasteiger partial charge in [0.15, 0.2) is 0 Å². The molecule has 0 amide bonds. The van der Waals surface area contributed by atoms with E-state index in [0.29, 0.717) is 0 Å². The van der Waals surface area contributed by atoms with Gasteiger partial charge in [-0.1, -0.05) is 6.92 Å². The molecule has 2 heteroatoms. The van der Waals surface area contributed by atoms with Gasteiger partial charge in [0.1, 0.15) is 0 Å². The summed E-state index contributed by atoms with van der Waals surface area (Å²) in [7, 11) is 0. The third kappa shape index (κ3) is 1.48. The van der Waals surface area contributed by atoms with Gasteiger partial charge in [0.2, 0.25) is 0 Å². The lowest BCUT2D eigenvalue weighted by Crippen LogP contribution is -2.20. The van der Waals surface area contributed by atoms with Gasteiger partial charge in [-0.25, -0.2) is 0 Å². The Morgan fingerprint density at radius 2 is 1.77 bits per heavy atom. The zero-order valence-corrected chi connectivity index (χ0v) is 8.28. The molecule has 0 bridgehead atoms. The molecule has 2 N–H and O–H groups in total. The van der Waals surface area contributed by atoms with E-state index in [2.05, 4.69) is 36.6 Å². The van der Waals surface area contributed by atoms with Crippen LogP contribution < -0.4 is 10.6 Å². The standard InChI is InChI=1S/C11H16N2/c1-3-9-7-11-10(6-8(9)2)12-4-5-13-11/h6-7,12-13H,3-5H2,1-2H3. The van der Waals surface area contributed by atoms with Gasteiger partial charge in [-0.3, -0.25) is 0 Å². The fraction of sp³-hybridized carbons (Fsp3) is 0.455. The summed E-state index contributed by atoms with van der Waals surface area (Å²) in [6.45, 7) is 6.43. The van der Waals surface area contributed by atoms with E-state index >= 15 is 0 Å². The average molecular weight is 176 g/mol. The molecule has 1 aliphatic rings. The maximum atomic E-state index is 3.40. The normalized spacial score (nSPS) is 14.3. The van der Waals surface area contributed by atoms with Crippen LogP contribution in [0, 0.1) is 6.92 Å². The van der Waals surface area contributed by atoms with Gasteiger partial charge in [-0.15, -0.1) is 0 Å². The molecular weight excluding hydrogens is 160 g/mol. The third-order valence-electron chi connectivity index (χ3n) is 2.61. The van der Waals surface area contributed by atoms with Crippen molar-refractivity contribution >= 4 is 11.4 Å². The maximum Gasteiger partial charge on any atom is 0.0579 e. The minimum atomic E-state index is 1.03. The van der Waals surface area contributed by atoms with Crippen molar-refractivity contribution in [2.24, 2.45) is 0 Å². The maximum absolute atomic E-state index is 3.40. The lowest BCUT2D eigenvalue weighted by molar-refractivity contribution is 1.03. The highest BCUT2D eigenvalue weighted by Crippen LogP contribution is 2.28. The largest absolute Gasteiger partial charge is 0.382 e. The molecule has 0 fully saturated rings. The Kier molecular flexibility index (Phi) is 2.13. The van der Waals surface area contributed by atoms with Gasteiger partial charge in [-0.05, 0) is 36.6 Å². The number of anilines is 2. The fourth-order valence-electron chi connectivity index (χ4n) is 1.82. The van der Waals surface area contributed by atoms with Crippen LogP contribution in [0.3, 0.4) is 0 Å². The van der Waals surface area contributed by atoms with Crippen molar-refractivity contribution in [3.05, 3.63) is 23.3 Å². The van der Waals surface area contributed by atoms with E-state index in [0.717, 1.165) is 19.5 Å². The first-order valence-electron chi connectivity index (χ1n) is 4.92. The van der Waals surface area contributed by atoms with Crippen LogP contribution >= 0.6 is 0 Å². The second kappa shape index (κ2) is 3.29. The Morgan fingerprint density at radius 3 is 2.38 bits per heavy atom. The van der Waals surface area contributed by atoms with Crippen LogP contribution in [0.5, 0.6) is 0 Å². The molecule has 0 radical (unpaired) electrons. The Hall–Kier alpha value is -1.18. The molecule has 0 saturated heterocycles. The van der Waals surface area contributed by atoms with Gasteiger partial charge in [-0.2, -0.15) is 0 Å². The van der Waals surface area contributed by atoms with Crippen molar-refractivity contribution in [2.45, 2.75) is 20.3 Å². The van der Waals surface area contributed by atoms with Gasteiger partial charge in [0.25, 0.3) is 0 Å². The van der Waals surface area contributed by atoms with E-state index in [1.165, 1.54) is 22.5 Å². The average Bonchev–Trinajstić information content (AvgIpc) is 2.17. The zero-order valence-electron chi connectivity index (χ0n) is 8.28. The Morgan fingerprint density at radius 1 is 1.15 bits per heavy atom. The van der Waals surface area contributed by atoms with Crippen LogP contribution in [-0.4, -0.2) is 13.1 Å². The van der Waals surface area contributed by atoms with E-state index in [1.54, 1.807) is 0 Å². The van der Waals surface area contributed by atoms with E-state index in [4.69, 9.17) is 0 Å². The third-order valence-corrected chi connectivity index (χ3v) is 2.61. The summed E-state index contributed by atoms with van der Waals surface area (Å²) in [5.41, 5.74) is 5.34. The highest BCUT2D eigenvalue weighted by molar-refractivity contribution is 5.72. The van der Waals surface area contributed by atoms with E-state index < -0.39 is 0 Å². The molecule has 70 valence electrons. The van der Waals surface area contributed by atoms with Crippen molar-refractivity contribution in [3.63, 3.8) is 0 Å². The second-order valence-electron chi connectivity index (χ2n) is 3.53. The summed E-state index contributed by atoms with van der Waals surface area (Å²) < 4.78 is 0. The predicted octanol–water partition coefficient (Wildman–Crippen LogP) is 2.39. The van der Waals surface area contributed by atoms with Crippen molar-refractivity contribution < 1.29 is 0 Å². The van der Waals surface area contributed by atoms with Crippen molar-refractivity contribution in [3.8, 4) is 0 Å². The van der Waals surface area contributed by atoms with Crippen LogP contribution in [0.2, 0.25) is 0 Å².